The minimum Gasteiger partial charge on any atom is -0.492 e. The number of guanidine groups is 2. The Morgan fingerprint density at radius 3 is 2.64 bits per heavy atom. The van der Waals surface area contributed by atoms with E-state index in [9.17, 15) is 4.79 Å². The van der Waals surface area contributed by atoms with Gasteiger partial charge in [0.25, 0.3) is 0 Å². The third kappa shape index (κ3) is 3.18. The molecular weight excluding hydrogens is 318 g/mol. The summed E-state index contributed by atoms with van der Waals surface area (Å²) in [6, 6.07) is 5.38. The minimum atomic E-state index is -0.560. The molecular formula is C18H25N5O2. The molecule has 7 nitrogen and oxygen atoms in total. The van der Waals surface area contributed by atoms with Crippen molar-refractivity contribution in [1.82, 2.24) is 0 Å². The molecule has 1 heterocycles. The molecule has 7 heteroatoms. The highest BCUT2D eigenvalue weighted by Crippen LogP contribution is 2.43. The molecule has 0 amide bonds. The first-order valence-corrected chi connectivity index (χ1v) is 8.74. The van der Waals surface area contributed by atoms with E-state index >= 15 is 0 Å². The molecule has 0 radical (unpaired) electrons. The van der Waals surface area contributed by atoms with Crippen molar-refractivity contribution in [1.29, 1.82) is 0 Å². The minimum absolute atomic E-state index is 0.0162. The van der Waals surface area contributed by atoms with Crippen LogP contribution in [0.1, 0.15) is 56.3 Å². The number of nitrogens with zero attached hydrogens (tertiary/aromatic N) is 3. The molecule has 134 valence electrons. The molecule has 1 aromatic carbocycles. The summed E-state index contributed by atoms with van der Waals surface area (Å²) in [7, 11) is 0. The van der Waals surface area contributed by atoms with Gasteiger partial charge in [-0.25, -0.2) is 4.99 Å². The van der Waals surface area contributed by atoms with Gasteiger partial charge in [-0.05, 0) is 57.7 Å². The van der Waals surface area contributed by atoms with Gasteiger partial charge >= 0.3 is 0 Å². The maximum absolute atomic E-state index is 11.9. The highest BCUT2D eigenvalue weighted by molar-refractivity contribution is 6.07. The van der Waals surface area contributed by atoms with Crippen molar-refractivity contribution >= 4 is 23.4 Å². The van der Waals surface area contributed by atoms with Gasteiger partial charge in [-0.15, -0.1) is 0 Å². The van der Waals surface area contributed by atoms with Crippen LogP contribution in [0, 0.1) is 0 Å². The van der Waals surface area contributed by atoms with Gasteiger partial charge in [0.2, 0.25) is 11.9 Å². The second kappa shape index (κ2) is 6.74. The van der Waals surface area contributed by atoms with E-state index in [1.165, 1.54) is 0 Å². The molecule has 4 N–H and O–H groups in total. The van der Waals surface area contributed by atoms with Crippen LogP contribution in [0.4, 0.5) is 5.69 Å². The van der Waals surface area contributed by atoms with E-state index in [-0.39, 0.29) is 17.7 Å². The molecule has 1 spiro atoms. The lowest BCUT2D eigenvalue weighted by molar-refractivity contribution is 0.101. The zero-order valence-electron chi connectivity index (χ0n) is 14.8. The van der Waals surface area contributed by atoms with Crippen molar-refractivity contribution in [3.63, 3.8) is 0 Å². The largest absolute Gasteiger partial charge is 0.492 e. The number of hydrogen-bond acceptors (Lipinski definition) is 7. The summed E-state index contributed by atoms with van der Waals surface area (Å²) in [5.41, 5.74) is 12.9. The Hall–Kier alpha value is -2.57. The first-order valence-electron chi connectivity index (χ1n) is 8.74. The summed E-state index contributed by atoms with van der Waals surface area (Å²) < 4.78 is 5.79. The Balaban J connectivity index is 2.15. The first-order chi connectivity index (χ1) is 12.0. The Bertz CT molecular complexity index is 735. The van der Waals surface area contributed by atoms with Crippen LogP contribution in [-0.2, 0) is 0 Å². The number of rotatable bonds is 4. The van der Waals surface area contributed by atoms with Crippen LogP contribution < -0.4 is 21.1 Å². The number of ether oxygens (including phenoxy) is 1. The summed E-state index contributed by atoms with van der Waals surface area (Å²) in [5, 5.41) is 0. The molecule has 25 heavy (non-hydrogen) atoms. The quantitative estimate of drug-likeness (QED) is 0.817. The summed E-state index contributed by atoms with van der Waals surface area (Å²) in [5.74, 6) is 1.14. The average Bonchev–Trinajstić information content (AvgIpc) is 2.56. The van der Waals surface area contributed by atoms with E-state index in [1.54, 1.807) is 19.1 Å². The van der Waals surface area contributed by atoms with Crippen molar-refractivity contribution in [2.24, 2.45) is 21.5 Å². The predicted octanol–water partition coefficient (Wildman–Crippen LogP) is 2.40. The maximum atomic E-state index is 11.9. The fourth-order valence-electron chi connectivity index (χ4n) is 3.66. The number of carbonyl (C=O) groups excluding carboxylic acids is 1. The van der Waals surface area contributed by atoms with E-state index in [0.717, 1.165) is 32.1 Å². The number of anilines is 1. The van der Waals surface area contributed by atoms with Crippen LogP contribution in [0.25, 0.3) is 0 Å². The number of carbonyl (C=O) groups is 1. The van der Waals surface area contributed by atoms with Crippen LogP contribution in [0.2, 0.25) is 0 Å². The van der Waals surface area contributed by atoms with Gasteiger partial charge in [0, 0.05) is 5.56 Å². The lowest BCUT2D eigenvalue weighted by atomic mass is 9.87. The highest BCUT2D eigenvalue weighted by atomic mass is 16.5. The zero-order valence-corrected chi connectivity index (χ0v) is 14.8. The molecule has 1 fully saturated rings. The van der Waals surface area contributed by atoms with Crippen LogP contribution in [0.5, 0.6) is 5.75 Å². The summed E-state index contributed by atoms with van der Waals surface area (Å²) in [6.07, 6.45) is 4.90. The van der Waals surface area contributed by atoms with Gasteiger partial charge in [-0.2, -0.15) is 4.99 Å². The Morgan fingerprint density at radius 1 is 1.28 bits per heavy atom. The van der Waals surface area contributed by atoms with Gasteiger partial charge < -0.3 is 16.2 Å². The van der Waals surface area contributed by atoms with E-state index in [4.69, 9.17) is 16.2 Å². The van der Waals surface area contributed by atoms with E-state index in [2.05, 4.69) is 9.98 Å². The van der Waals surface area contributed by atoms with E-state index in [1.807, 2.05) is 17.9 Å². The van der Waals surface area contributed by atoms with Crippen molar-refractivity contribution < 1.29 is 9.53 Å². The number of ketones is 1. The third-order valence-corrected chi connectivity index (χ3v) is 4.76. The van der Waals surface area contributed by atoms with Crippen molar-refractivity contribution in [3.05, 3.63) is 23.8 Å². The number of aliphatic imine (C=N–C) groups is 2. The van der Waals surface area contributed by atoms with E-state index < -0.39 is 5.66 Å². The van der Waals surface area contributed by atoms with Gasteiger partial charge in [0.05, 0.1) is 12.3 Å². The van der Waals surface area contributed by atoms with Crippen LogP contribution in [-0.4, -0.2) is 30.0 Å². The van der Waals surface area contributed by atoms with Crippen LogP contribution in [0.3, 0.4) is 0 Å². The summed E-state index contributed by atoms with van der Waals surface area (Å²) in [6.45, 7) is 3.97. The molecule has 0 unspecified atom stereocenters. The molecule has 0 aromatic heterocycles. The molecule has 0 bridgehead atoms. The standard InChI is InChI=1S/C18H25N5O2/c1-3-25-15-8-7-13(12(2)24)11-14(15)23-17(20)21-16(19)22-18(23)9-5-4-6-10-18/h7-8,11H,3-6,9-10H2,1-2H3,(H4,19,20,21,22). The smallest absolute Gasteiger partial charge is 0.220 e. The lowest BCUT2D eigenvalue weighted by Gasteiger charge is -2.46. The van der Waals surface area contributed by atoms with Crippen LogP contribution >= 0.6 is 0 Å². The number of Topliss-reactive ketones (excluding diaryl/α,β-unsaturated/α-hetero) is 1. The van der Waals surface area contributed by atoms with Crippen LogP contribution in [0.15, 0.2) is 28.2 Å². The SMILES string of the molecule is CCOc1ccc(C(C)=O)cc1N1C(N)=NC(N)=NC12CCCCC2. The zero-order chi connectivity index (χ0) is 18.0. The average molecular weight is 343 g/mol. The highest BCUT2D eigenvalue weighted by Gasteiger charge is 2.43. The van der Waals surface area contributed by atoms with Crippen molar-refractivity contribution in [2.45, 2.75) is 51.6 Å². The fourth-order valence-corrected chi connectivity index (χ4v) is 3.66. The van der Waals surface area contributed by atoms with Crippen molar-refractivity contribution in [3.8, 4) is 5.75 Å². The molecule has 0 atom stereocenters. The van der Waals surface area contributed by atoms with Gasteiger partial charge in [-0.3, -0.25) is 9.69 Å². The monoisotopic (exact) mass is 343 g/mol. The molecule has 2 aliphatic rings. The summed E-state index contributed by atoms with van der Waals surface area (Å²) in [4.78, 5) is 22.6. The van der Waals surface area contributed by atoms with Gasteiger partial charge in [0.15, 0.2) is 5.78 Å². The molecule has 0 saturated heterocycles. The predicted molar refractivity (Wildman–Crippen MR) is 99.2 cm³/mol. The second-order valence-electron chi connectivity index (χ2n) is 6.49. The Kier molecular flexibility index (Phi) is 4.65. The lowest BCUT2D eigenvalue weighted by Crippen LogP contribution is -2.58. The topological polar surface area (TPSA) is 106 Å². The molecule has 1 aliphatic carbocycles. The third-order valence-electron chi connectivity index (χ3n) is 4.76. The van der Waals surface area contributed by atoms with Crippen molar-refractivity contribution in [2.75, 3.05) is 11.5 Å². The van der Waals surface area contributed by atoms with Gasteiger partial charge in [-0.1, -0.05) is 6.42 Å². The Morgan fingerprint density at radius 2 is 2.00 bits per heavy atom. The Labute approximate surface area is 147 Å². The molecule has 1 aliphatic heterocycles. The number of hydrogen-bond donors (Lipinski definition) is 2. The summed E-state index contributed by atoms with van der Waals surface area (Å²) >= 11 is 0. The number of nitrogens with two attached hydrogens (primary N) is 2. The van der Waals surface area contributed by atoms with E-state index in [0.29, 0.717) is 23.6 Å². The normalized spacial score (nSPS) is 19.4. The molecule has 3 rings (SSSR count). The van der Waals surface area contributed by atoms with Gasteiger partial charge in [0.1, 0.15) is 11.4 Å². The fraction of sp³-hybridized carbons (Fsp3) is 0.500. The maximum Gasteiger partial charge on any atom is 0.220 e. The molecule has 1 aromatic rings. The second-order valence-corrected chi connectivity index (χ2v) is 6.49. The molecule has 1 saturated carbocycles. The first kappa shape index (κ1) is 17.3. The number of benzene rings is 1.